The van der Waals surface area contributed by atoms with Crippen LogP contribution < -0.4 is 0 Å². The molecule has 2 heterocycles. The molecule has 4 heteroatoms. The Bertz CT molecular complexity index is 712. The van der Waals surface area contributed by atoms with E-state index in [1.807, 2.05) is 11.3 Å². The van der Waals surface area contributed by atoms with E-state index >= 15 is 0 Å². The average Bonchev–Trinajstić information content (AvgIpc) is 3.05. The molecule has 3 aromatic rings. The minimum absolute atomic E-state index is 0.292. The highest BCUT2D eigenvalue weighted by Crippen LogP contribution is 2.42. The predicted molar refractivity (Wildman–Crippen MR) is 94.0 cm³/mol. The number of rotatable bonds is 3. The lowest BCUT2D eigenvalue weighted by Crippen LogP contribution is -1.87. The van der Waals surface area contributed by atoms with E-state index in [2.05, 4.69) is 74.5 Å². The molecule has 0 radical (unpaired) electrons. The summed E-state index contributed by atoms with van der Waals surface area (Å²) in [4.78, 5) is 3.12. The van der Waals surface area contributed by atoms with Crippen molar-refractivity contribution in [2.45, 2.75) is 18.2 Å². The molecule has 0 aliphatic heterocycles. The third-order valence-corrected chi connectivity index (χ3v) is 7.69. The zero-order valence-electron chi connectivity index (χ0n) is 10.3. The largest absolute Gasteiger partial charge is 0.144 e. The summed E-state index contributed by atoms with van der Waals surface area (Å²) in [6.45, 7) is 2.20. The number of hydrogen-bond acceptors (Lipinski definition) is 2. The van der Waals surface area contributed by atoms with Crippen LogP contribution in [0.1, 0.15) is 27.1 Å². The topological polar surface area (TPSA) is 0 Å². The monoisotopic (exact) mass is 414 g/mol. The van der Waals surface area contributed by atoms with Crippen molar-refractivity contribution in [3.63, 3.8) is 0 Å². The quantitative estimate of drug-likeness (QED) is 0.414. The van der Waals surface area contributed by atoms with E-state index < -0.39 is 0 Å². The molecule has 19 heavy (non-hydrogen) atoms. The fourth-order valence-corrected chi connectivity index (χ4v) is 5.70. The molecule has 98 valence electrons. The number of fused-ring (bicyclic) bond motifs is 1. The van der Waals surface area contributed by atoms with Crippen molar-refractivity contribution in [2.75, 3.05) is 0 Å². The van der Waals surface area contributed by atoms with Crippen molar-refractivity contribution >= 4 is 64.6 Å². The molecule has 0 saturated heterocycles. The minimum Gasteiger partial charge on any atom is -0.144 e. The molecule has 0 aliphatic rings. The summed E-state index contributed by atoms with van der Waals surface area (Å²) < 4.78 is 2.51. The van der Waals surface area contributed by atoms with Gasteiger partial charge in [-0.3, -0.25) is 0 Å². The summed E-state index contributed by atoms with van der Waals surface area (Å²) in [5.74, 6) is 0. The molecule has 2 aromatic heterocycles. The molecule has 0 amide bonds. The van der Waals surface area contributed by atoms with Gasteiger partial charge >= 0.3 is 0 Å². The van der Waals surface area contributed by atoms with Gasteiger partial charge in [0.05, 0.1) is 4.83 Å². The number of thiophene rings is 2. The molecular formula is C15H12Br2S2. The summed E-state index contributed by atoms with van der Waals surface area (Å²) in [5, 5.41) is 3.60. The highest BCUT2D eigenvalue weighted by molar-refractivity contribution is 9.10. The van der Waals surface area contributed by atoms with Crippen LogP contribution in [0.5, 0.6) is 0 Å². The molecule has 0 saturated carbocycles. The Morgan fingerprint density at radius 3 is 2.79 bits per heavy atom. The second-order valence-corrected chi connectivity index (χ2v) is 8.18. The van der Waals surface area contributed by atoms with Crippen molar-refractivity contribution < 1.29 is 0 Å². The first-order chi connectivity index (χ1) is 9.20. The van der Waals surface area contributed by atoms with Gasteiger partial charge < -0.3 is 0 Å². The molecule has 1 unspecified atom stereocenters. The third kappa shape index (κ3) is 2.56. The van der Waals surface area contributed by atoms with Gasteiger partial charge in [-0.25, -0.2) is 0 Å². The van der Waals surface area contributed by atoms with Gasteiger partial charge in [0.15, 0.2) is 0 Å². The maximum absolute atomic E-state index is 3.86. The fourth-order valence-electron chi connectivity index (χ4n) is 2.11. The molecule has 3 rings (SSSR count). The van der Waals surface area contributed by atoms with Crippen LogP contribution in [0.4, 0.5) is 0 Å². The lowest BCUT2D eigenvalue weighted by molar-refractivity contribution is 1.19. The number of alkyl halides is 1. The Morgan fingerprint density at radius 1 is 1.21 bits per heavy atom. The van der Waals surface area contributed by atoms with Crippen LogP contribution in [0.2, 0.25) is 0 Å². The predicted octanol–water partition coefficient (Wildman–Crippen LogP) is 6.77. The van der Waals surface area contributed by atoms with Crippen LogP contribution in [0.25, 0.3) is 10.1 Å². The van der Waals surface area contributed by atoms with Crippen LogP contribution in [-0.2, 0) is 6.42 Å². The maximum Gasteiger partial charge on any atom is 0.0752 e. The first kappa shape index (κ1) is 13.8. The molecule has 1 atom stereocenters. The normalized spacial score (nSPS) is 13.0. The molecule has 0 aliphatic carbocycles. The second-order valence-electron chi connectivity index (χ2n) is 4.33. The molecule has 0 bridgehead atoms. The fraction of sp³-hybridized carbons (Fsp3) is 0.200. The van der Waals surface area contributed by atoms with Crippen molar-refractivity contribution in [1.29, 1.82) is 0 Å². The van der Waals surface area contributed by atoms with E-state index in [4.69, 9.17) is 0 Å². The van der Waals surface area contributed by atoms with E-state index in [0.717, 1.165) is 6.42 Å². The Morgan fingerprint density at radius 2 is 2.05 bits per heavy atom. The van der Waals surface area contributed by atoms with E-state index in [1.54, 1.807) is 11.3 Å². The summed E-state index contributed by atoms with van der Waals surface area (Å²) in [6.07, 6.45) is 1.11. The maximum atomic E-state index is 3.86. The Kier molecular flexibility index (Phi) is 4.13. The van der Waals surface area contributed by atoms with Gasteiger partial charge in [0, 0.05) is 18.9 Å². The summed E-state index contributed by atoms with van der Waals surface area (Å²) in [5.41, 5.74) is 1.37. The average molecular weight is 416 g/mol. The molecule has 0 nitrogen and oxygen atoms in total. The van der Waals surface area contributed by atoms with E-state index in [9.17, 15) is 0 Å². The van der Waals surface area contributed by atoms with Gasteiger partial charge in [-0.2, -0.15) is 0 Å². The lowest BCUT2D eigenvalue weighted by atomic mass is 10.1. The van der Waals surface area contributed by atoms with E-state index in [-0.39, 0.29) is 0 Å². The van der Waals surface area contributed by atoms with Crippen molar-refractivity contribution in [3.8, 4) is 0 Å². The number of benzene rings is 1. The molecule has 0 N–H and O–H groups in total. The lowest BCUT2D eigenvalue weighted by Gasteiger charge is -2.06. The molecular weight excluding hydrogens is 404 g/mol. The number of aryl methyl sites for hydroxylation is 1. The smallest absolute Gasteiger partial charge is 0.0752 e. The van der Waals surface area contributed by atoms with Crippen LogP contribution in [0.15, 0.2) is 40.2 Å². The highest BCUT2D eigenvalue weighted by atomic mass is 79.9. The molecule has 0 fully saturated rings. The van der Waals surface area contributed by atoms with Crippen molar-refractivity contribution in [1.82, 2.24) is 0 Å². The van der Waals surface area contributed by atoms with Gasteiger partial charge in [0.25, 0.3) is 0 Å². The standard InChI is InChI=1S/C15H12Br2S2/c1-2-9-6-7-13(19-9)14(17)11-8-18-15-10(11)4-3-5-12(15)16/h3-8,14H,2H2,1H3. The van der Waals surface area contributed by atoms with Gasteiger partial charge in [0.1, 0.15) is 0 Å². The van der Waals surface area contributed by atoms with E-state index in [1.165, 1.54) is 29.9 Å². The SMILES string of the molecule is CCc1ccc(C(Br)c2csc3c(Br)cccc23)s1. The van der Waals surface area contributed by atoms with Gasteiger partial charge in [-0.05, 0) is 56.9 Å². The van der Waals surface area contributed by atoms with Crippen molar-refractivity contribution in [2.24, 2.45) is 0 Å². The first-order valence-electron chi connectivity index (χ1n) is 6.09. The van der Waals surface area contributed by atoms with Crippen LogP contribution in [0.3, 0.4) is 0 Å². The number of halogens is 2. The number of hydrogen-bond donors (Lipinski definition) is 0. The molecule has 0 spiro atoms. The Labute approximate surface area is 137 Å². The van der Waals surface area contributed by atoms with Crippen LogP contribution in [-0.4, -0.2) is 0 Å². The van der Waals surface area contributed by atoms with Crippen LogP contribution >= 0.6 is 54.5 Å². The summed E-state index contributed by atoms with van der Waals surface area (Å²) in [6, 6.07) is 10.9. The van der Waals surface area contributed by atoms with E-state index in [0.29, 0.717) is 4.83 Å². The third-order valence-electron chi connectivity index (χ3n) is 3.14. The Balaban J connectivity index is 2.06. The van der Waals surface area contributed by atoms with Gasteiger partial charge in [0.2, 0.25) is 0 Å². The van der Waals surface area contributed by atoms with Crippen LogP contribution in [0, 0.1) is 0 Å². The second kappa shape index (κ2) is 5.68. The Hall–Kier alpha value is -0.160. The molecule has 1 aromatic carbocycles. The minimum atomic E-state index is 0.292. The first-order valence-corrected chi connectivity index (χ1v) is 9.49. The van der Waals surface area contributed by atoms with Gasteiger partial charge in [-0.15, -0.1) is 22.7 Å². The van der Waals surface area contributed by atoms with Crippen molar-refractivity contribution in [3.05, 3.63) is 55.5 Å². The van der Waals surface area contributed by atoms with Gasteiger partial charge in [-0.1, -0.05) is 35.0 Å². The summed E-state index contributed by atoms with van der Waals surface area (Å²) in [7, 11) is 0. The summed E-state index contributed by atoms with van der Waals surface area (Å²) >= 11 is 11.2. The highest BCUT2D eigenvalue weighted by Gasteiger charge is 2.17. The zero-order chi connectivity index (χ0) is 13.4. The zero-order valence-corrected chi connectivity index (χ0v) is 15.1.